The zero-order valence-electron chi connectivity index (χ0n) is 11.6. The number of halogens is 2. The number of β-amino-alcohol motifs (C(OH)–C–C–N with tert-alkyl or cyclic N) is 1. The normalized spacial score (nSPS) is 22.2. The summed E-state index contributed by atoms with van der Waals surface area (Å²) in [5, 5.41) is 12.4. The molecule has 2 rings (SSSR count). The van der Waals surface area contributed by atoms with Crippen LogP contribution in [0.15, 0.2) is 24.3 Å². The Balaban J connectivity index is 1.90. The summed E-state index contributed by atoms with van der Waals surface area (Å²) in [6, 6.07) is 5.37. The molecule has 0 aromatic heterocycles. The average molecular weight is 300 g/mol. The second-order valence-corrected chi connectivity index (χ2v) is 5.11. The molecule has 1 aliphatic heterocycles. The van der Waals surface area contributed by atoms with Crippen LogP contribution in [0.25, 0.3) is 0 Å². The van der Waals surface area contributed by atoms with Gasteiger partial charge in [0, 0.05) is 18.8 Å². The van der Waals surface area contributed by atoms with Crippen LogP contribution in [-0.4, -0.2) is 41.8 Å². The molecule has 1 aromatic rings. The van der Waals surface area contributed by atoms with Gasteiger partial charge in [0.1, 0.15) is 5.75 Å². The number of piperidine rings is 1. The molecule has 1 heterocycles. The molecular weight excluding hydrogens is 282 g/mol. The van der Waals surface area contributed by atoms with E-state index in [-0.39, 0.29) is 17.7 Å². The lowest BCUT2D eigenvalue weighted by molar-refractivity contribution is -0.0498. The van der Waals surface area contributed by atoms with Crippen molar-refractivity contribution in [2.24, 2.45) is 5.92 Å². The maximum absolute atomic E-state index is 12.0. The summed E-state index contributed by atoms with van der Waals surface area (Å²) in [5.74, 6) is 0.213. The fourth-order valence-corrected chi connectivity index (χ4v) is 2.16. The molecule has 1 aromatic carbocycles. The minimum atomic E-state index is -2.87. The molecule has 0 radical (unpaired) electrons. The number of nitrogens with zero attached hydrogens (tertiary/aromatic N) is 1. The lowest BCUT2D eigenvalue weighted by Gasteiger charge is -2.34. The maximum atomic E-state index is 12.0. The molecular formula is C14H18F2N2O3. The summed E-state index contributed by atoms with van der Waals surface area (Å²) in [5.41, 5.74) is 0.481. The topological polar surface area (TPSA) is 61.8 Å². The SMILES string of the molecule is CC1CCN(C(=O)Nc2ccc(OC(F)F)cc2)CC1O. The van der Waals surface area contributed by atoms with Gasteiger partial charge in [-0.05, 0) is 36.6 Å². The van der Waals surface area contributed by atoms with Gasteiger partial charge in [-0.15, -0.1) is 0 Å². The van der Waals surface area contributed by atoms with Crippen molar-refractivity contribution in [2.45, 2.75) is 26.1 Å². The number of aliphatic hydroxyl groups is 1. The highest BCUT2D eigenvalue weighted by atomic mass is 19.3. The number of likely N-dealkylation sites (tertiary alicyclic amines) is 1. The van der Waals surface area contributed by atoms with Crippen LogP contribution < -0.4 is 10.1 Å². The van der Waals surface area contributed by atoms with E-state index in [0.29, 0.717) is 18.8 Å². The summed E-state index contributed by atoms with van der Waals surface area (Å²) in [6.45, 7) is -0.0556. The van der Waals surface area contributed by atoms with Gasteiger partial charge >= 0.3 is 12.6 Å². The van der Waals surface area contributed by atoms with E-state index in [9.17, 15) is 18.7 Å². The number of benzene rings is 1. The van der Waals surface area contributed by atoms with Gasteiger partial charge in [-0.3, -0.25) is 0 Å². The molecule has 0 saturated carbocycles. The van der Waals surface area contributed by atoms with Crippen LogP contribution in [0.5, 0.6) is 5.75 Å². The number of aliphatic hydroxyl groups excluding tert-OH is 1. The summed E-state index contributed by atoms with van der Waals surface area (Å²) in [6.07, 6.45) is 0.224. The molecule has 2 unspecified atom stereocenters. The van der Waals surface area contributed by atoms with E-state index in [2.05, 4.69) is 10.1 Å². The van der Waals surface area contributed by atoms with Crippen molar-refractivity contribution < 1.29 is 23.4 Å². The molecule has 0 aliphatic carbocycles. The highest BCUT2D eigenvalue weighted by Crippen LogP contribution is 2.20. The van der Waals surface area contributed by atoms with E-state index in [0.717, 1.165) is 6.42 Å². The predicted octanol–water partition coefficient (Wildman–Crippen LogP) is 2.52. The maximum Gasteiger partial charge on any atom is 0.387 e. The zero-order valence-corrected chi connectivity index (χ0v) is 11.6. The van der Waals surface area contributed by atoms with Gasteiger partial charge in [-0.1, -0.05) is 6.92 Å². The van der Waals surface area contributed by atoms with E-state index in [1.807, 2.05) is 6.92 Å². The number of alkyl halides is 2. The number of rotatable bonds is 3. The lowest BCUT2D eigenvalue weighted by atomic mass is 9.96. The van der Waals surface area contributed by atoms with Crippen molar-refractivity contribution in [1.29, 1.82) is 0 Å². The van der Waals surface area contributed by atoms with Gasteiger partial charge in [0.2, 0.25) is 0 Å². The van der Waals surface area contributed by atoms with Crippen LogP contribution in [0.2, 0.25) is 0 Å². The minimum Gasteiger partial charge on any atom is -0.435 e. The summed E-state index contributed by atoms with van der Waals surface area (Å²) in [7, 11) is 0. The van der Waals surface area contributed by atoms with Crippen LogP contribution in [0.1, 0.15) is 13.3 Å². The van der Waals surface area contributed by atoms with E-state index >= 15 is 0 Å². The van der Waals surface area contributed by atoms with Crippen molar-refractivity contribution in [3.63, 3.8) is 0 Å². The molecule has 1 saturated heterocycles. The van der Waals surface area contributed by atoms with Gasteiger partial charge in [0.05, 0.1) is 6.10 Å². The Morgan fingerprint density at radius 1 is 1.43 bits per heavy atom. The number of hydrogen-bond acceptors (Lipinski definition) is 3. The van der Waals surface area contributed by atoms with Gasteiger partial charge in [-0.25, -0.2) is 4.79 Å². The summed E-state index contributed by atoms with van der Waals surface area (Å²) >= 11 is 0. The van der Waals surface area contributed by atoms with E-state index in [1.54, 1.807) is 0 Å². The number of anilines is 1. The first kappa shape index (κ1) is 15.5. The van der Waals surface area contributed by atoms with Gasteiger partial charge in [0.15, 0.2) is 0 Å². The molecule has 7 heteroatoms. The second kappa shape index (κ2) is 6.71. The Labute approximate surface area is 121 Å². The summed E-state index contributed by atoms with van der Waals surface area (Å²) in [4.78, 5) is 13.6. The molecule has 2 atom stereocenters. The number of amides is 2. The monoisotopic (exact) mass is 300 g/mol. The van der Waals surface area contributed by atoms with Gasteiger partial charge in [-0.2, -0.15) is 8.78 Å². The van der Waals surface area contributed by atoms with Crippen LogP contribution in [-0.2, 0) is 0 Å². The molecule has 0 spiro atoms. The van der Waals surface area contributed by atoms with Crippen molar-refractivity contribution >= 4 is 11.7 Å². The number of nitrogens with one attached hydrogen (secondary N) is 1. The molecule has 5 nitrogen and oxygen atoms in total. The van der Waals surface area contributed by atoms with E-state index in [1.165, 1.54) is 29.2 Å². The Hall–Kier alpha value is -1.89. The first-order chi connectivity index (χ1) is 9.95. The van der Waals surface area contributed by atoms with E-state index in [4.69, 9.17) is 0 Å². The molecule has 116 valence electrons. The van der Waals surface area contributed by atoms with Crippen molar-refractivity contribution in [3.05, 3.63) is 24.3 Å². The zero-order chi connectivity index (χ0) is 15.4. The van der Waals surface area contributed by atoms with Crippen LogP contribution in [0.3, 0.4) is 0 Å². The Morgan fingerprint density at radius 2 is 2.10 bits per heavy atom. The lowest BCUT2D eigenvalue weighted by Crippen LogP contribution is -2.47. The van der Waals surface area contributed by atoms with Gasteiger partial charge < -0.3 is 20.1 Å². The average Bonchev–Trinajstić information content (AvgIpc) is 2.43. The highest BCUT2D eigenvalue weighted by Gasteiger charge is 2.27. The fourth-order valence-electron chi connectivity index (χ4n) is 2.16. The Morgan fingerprint density at radius 3 is 2.67 bits per heavy atom. The van der Waals surface area contributed by atoms with Crippen molar-refractivity contribution in [3.8, 4) is 5.75 Å². The van der Waals surface area contributed by atoms with E-state index < -0.39 is 12.7 Å². The molecule has 21 heavy (non-hydrogen) atoms. The molecule has 1 aliphatic rings. The molecule has 2 N–H and O–H groups in total. The standard InChI is InChI=1S/C14H18F2N2O3/c1-9-6-7-18(8-12(9)19)14(20)17-10-2-4-11(5-3-10)21-13(15)16/h2-5,9,12-13,19H,6-8H2,1H3,(H,17,20). The van der Waals surface area contributed by atoms with Gasteiger partial charge in [0.25, 0.3) is 0 Å². The van der Waals surface area contributed by atoms with Crippen LogP contribution in [0, 0.1) is 5.92 Å². The number of ether oxygens (including phenoxy) is 1. The smallest absolute Gasteiger partial charge is 0.387 e. The number of carbonyl (C=O) groups excluding carboxylic acids is 1. The third-order valence-corrected chi connectivity index (χ3v) is 3.54. The largest absolute Gasteiger partial charge is 0.435 e. The van der Waals surface area contributed by atoms with Crippen molar-refractivity contribution in [1.82, 2.24) is 4.90 Å². The Bertz CT molecular complexity index is 482. The first-order valence-electron chi connectivity index (χ1n) is 6.74. The first-order valence-corrected chi connectivity index (χ1v) is 6.74. The molecule has 2 amide bonds. The highest BCUT2D eigenvalue weighted by molar-refractivity contribution is 5.89. The third kappa shape index (κ3) is 4.29. The second-order valence-electron chi connectivity index (χ2n) is 5.11. The number of urea groups is 1. The van der Waals surface area contributed by atoms with Crippen molar-refractivity contribution in [2.75, 3.05) is 18.4 Å². The number of hydrogen-bond donors (Lipinski definition) is 2. The third-order valence-electron chi connectivity index (χ3n) is 3.54. The van der Waals surface area contributed by atoms with Crippen LogP contribution in [0.4, 0.5) is 19.3 Å². The quantitative estimate of drug-likeness (QED) is 0.901. The Kier molecular flexibility index (Phi) is 4.95. The molecule has 0 bridgehead atoms. The number of carbonyl (C=O) groups is 1. The molecule has 1 fully saturated rings. The summed E-state index contributed by atoms with van der Waals surface area (Å²) < 4.78 is 28.3. The fraction of sp³-hybridized carbons (Fsp3) is 0.500. The predicted molar refractivity (Wildman–Crippen MR) is 73.5 cm³/mol. The minimum absolute atomic E-state index is 0.0326. The van der Waals surface area contributed by atoms with Crippen LogP contribution >= 0.6 is 0 Å².